The molecule has 2 amide bonds. The lowest BCUT2D eigenvalue weighted by molar-refractivity contribution is -0.117. The van der Waals surface area contributed by atoms with Gasteiger partial charge in [0.2, 0.25) is 5.91 Å². The molecule has 1 aliphatic carbocycles. The van der Waals surface area contributed by atoms with Crippen LogP contribution in [0.3, 0.4) is 0 Å². The van der Waals surface area contributed by atoms with Gasteiger partial charge in [-0.15, -0.1) is 0 Å². The van der Waals surface area contributed by atoms with Crippen molar-refractivity contribution in [2.45, 2.75) is 31.7 Å². The Morgan fingerprint density at radius 3 is 2.65 bits per heavy atom. The predicted molar refractivity (Wildman–Crippen MR) is 133 cm³/mol. The van der Waals surface area contributed by atoms with E-state index in [0.29, 0.717) is 23.9 Å². The Kier molecular flexibility index (Phi) is 5.47. The van der Waals surface area contributed by atoms with Gasteiger partial charge < -0.3 is 15.4 Å². The zero-order chi connectivity index (χ0) is 23.1. The van der Waals surface area contributed by atoms with E-state index in [0.717, 1.165) is 57.9 Å². The first kappa shape index (κ1) is 21.2. The Balaban J connectivity index is 1.30. The standard InChI is InChI=1S/C26H24N4O3S/c31-24(15-4-5-15)30-26-29-22-7-6-16(13-23(22)34-26)17-12-20-19(2-1-3-21(20)27-14-17)25(32)28-18-8-10-33-11-9-18/h1-3,6-7,12-15,18H,4-5,8-11H2,(H,28,32)(H,29,30,31). The number of benzene rings is 2. The average molecular weight is 473 g/mol. The SMILES string of the molecule is O=C(NC1CCOCC1)c1cccc2ncc(-c3ccc4nc(NC(=O)C5CC5)sc4c3)cc12. The van der Waals surface area contributed by atoms with Crippen molar-refractivity contribution in [3.05, 3.63) is 54.2 Å². The number of amides is 2. The molecule has 2 aromatic heterocycles. The van der Waals surface area contributed by atoms with E-state index < -0.39 is 0 Å². The molecule has 2 fully saturated rings. The van der Waals surface area contributed by atoms with E-state index in [9.17, 15) is 9.59 Å². The first-order valence-electron chi connectivity index (χ1n) is 11.6. The normalized spacial score (nSPS) is 16.6. The number of thiazole rings is 1. The van der Waals surface area contributed by atoms with Crippen LogP contribution in [0.5, 0.6) is 0 Å². The lowest BCUT2D eigenvalue weighted by Crippen LogP contribution is -2.38. The summed E-state index contributed by atoms with van der Waals surface area (Å²) >= 11 is 1.47. The van der Waals surface area contributed by atoms with Crippen LogP contribution in [0.15, 0.2) is 48.7 Å². The highest BCUT2D eigenvalue weighted by Crippen LogP contribution is 2.34. The molecule has 4 aromatic rings. The summed E-state index contributed by atoms with van der Waals surface area (Å²) in [6, 6.07) is 13.8. The fourth-order valence-corrected chi connectivity index (χ4v) is 5.23. The molecule has 7 nitrogen and oxygen atoms in total. The van der Waals surface area contributed by atoms with Crippen LogP contribution in [0.2, 0.25) is 0 Å². The van der Waals surface area contributed by atoms with Crippen LogP contribution in [0.25, 0.3) is 32.2 Å². The lowest BCUT2D eigenvalue weighted by Gasteiger charge is -2.23. The van der Waals surface area contributed by atoms with Crippen molar-refractivity contribution in [3.63, 3.8) is 0 Å². The minimum Gasteiger partial charge on any atom is -0.381 e. The van der Waals surface area contributed by atoms with Crippen molar-refractivity contribution in [2.75, 3.05) is 18.5 Å². The summed E-state index contributed by atoms with van der Waals surface area (Å²) in [7, 11) is 0. The summed E-state index contributed by atoms with van der Waals surface area (Å²) in [5, 5.41) is 7.54. The highest BCUT2D eigenvalue weighted by atomic mass is 32.1. The lowest BCUT2D eigenvalue weighted by atomic mass is 10.0. The monoisotopic (exact) mass is 472 g/mol. The fourth-order valence-electron chi connectivity index (χ4n) is 4.32. The Morgan fingerprint density at radius 1 is 0.971 bits per heavy atom. The molecule has 0 atom stereocenters. The fraction of sp³-hybridized carbons (Fsp3) is 0.308. The molecule has 2 aromatic carbocycles. The third kappa shape index (κ3) is 4.26. The van der Waals surface area contributed by atoms with Gasteiger partial charge in [0.05, 0.1) is 15.7 Å². The zero-order valence-corrected chi connectivity index (χ0v) is 19.4. The van der Waals surface area contributed by atoms with Crippen LogP contribution >= 0.6 is 11.3 Å². The largest absolute Gasteiger partial charge is 0.381 e. The number of hydrogen-bond acceptors (Lipinski definition) is 6. The van der Waals surface area contributed by atoms with Gasteiger partial charge in [-0.3, -0.25) is 14.6 Å². The zero-order valence-electron chi connectivity index (χ0n) is 18.5. The smallest absolute Gasteiger partial charge is 0.252 e. The molecular weight excluding hydrogens is 448 g/mol. The van der Waals surface area contributed by atoms with Gasteiger partial charge in [-0.2, -0.15) is 0 Å². The number of pyridine rings is 1. The van der Waals surface area contributed by atoms with E-state index in [1.54, 1.807) is 0 Å². The maximum atomic E-state index is 13.1. The number of aromatic nitrogens is 2. The molecule has 34 heavy (non-hydrogen) atoms. The topological polar surface area (TPSA) is 93.2 Å². The van der Waals surface area contributed by atoms with Crippen LogP contribution in [-0.4, -0.2) is 41.0 Å². The number of fused-ring (bicyclic) bond motifs is 2. The van der Waals surface area contributed by atoms with Crippen LogP contribution in [0, 0.1) is 5.92 Å². The van der Waals surface area contributed by atoms with Crippen LogP contribution in [0.1, 0.15) is 36.0 Å². The summed E-state index contributed by atoms with van der Waals surface area (Å²) in [5.74, 6) is 0.124. The number of rotatable bonds is 5. The summed E-state index contributed by atoms with van der Waals surface area (Å²) in [6.45, 7) is 1.36. The molecular formula is C26H24N4O3S. The first-order chi connectivity index (χ1) is 16.6. The maximum Gasteiger partial charge on any atom is 0.252 e. The van der Waals surface area contributed by atoms with Crippen molar-refractivity contribution >= 4 is 49.4 Å². The number of carbonyl (C=O) groups excluding carboxylic acids is 2. The van der Waals surface area contributed by atoms with Gasteiger partial charge in [-0.05, 0) is 61.6 Å². The van der Waals surface area contributed by atoms with Crippen molar-refractivity contribution in [1.29, 1.82) is 0 Å². The van der Waals surface area contributed by atoms with Gasteiger partial charge in [0.15, 0.2) is 5.13 Å². The van der Waals surface area contributed by atoms with E-state index in [1.807, 2.05) is 42.6 Å². The molecule has 0 unspecified atom stereocenters. The minimum absolute atomic E-state index is 0.0598. The quantitative estimate of drug-likeness (QED) is 0.437. The van der Waals surface area contributed by atoms with E-state index in [-0.39, 0.29) is 23.8 Å². The number of hydrogen-bond donors (Lipinski definition) is 2. The number of carbonyl (C=O) groups is 2. The Bertz CT molecular complexity index is 1410. The summed E-state index contributed by atoms with van der Waals surface area (Å²) in [4.78, 5) is 34.3. The molecule has 1 saturated heterocycles. The van der Waals surface area contributed by atoms with Gasteiger partial charge in [0.25, 0.3) is 5.91 Å². The Labute approximate surface area is 200 Å². The Hall–Kier alpha value is -3.36. The van der Waals surface area contributed by atoms with Gasteiger partial charge in [-0.1, -0.05) is 23.5 Å². The highest BCUT2D eigenvalue weighted by Gasteiger charge is 2.30. The second-order valence-corrected chi connectivity index (χ2v) is 9.95. The van der Waals surface area contributed by atoms with Crippen LogP contribution in [0.4, 0.5) is 5.13 Å². The van der Waals surface area contributed by atoms with Crippen LogP contribution in [-0.2, 0) is 9.53 Å². The summed E-state index contributed by atoms with van der Waals surface area (Å²) < 4.78 is 6.40. The molecule has 1 saturated carbocycles. The third-order valence-corrected chi connectivity index (χ3v) is 7.36. The van der Waals surface area contributed by atoms with Crippen molar-refractivity contribution < 1.29 is 14.3 Å². The molecule has 0 radical (unpaired) electrons. The average Bonchev–Trinajstić information content (AvgIpc) is 3.64. The molecule has 8 heteroatoms. The van der Waals surface area contributed by atoms with Crippen molar-refractivity contribution in [3.8, 4) is 11.1 Å². The van der Waals surface area contributed by atoms with E-state index in [4.69, 9.17) is 4.74 Å². The molecule has 3 heterocycles. The highest BCUT2D eigenvalue weighted by molar-refractivity contribution is 7.22. The number of nitrogens with zero attached hydrogens (tertiary/aromatic N) is 2. The van der Waals surface area contributed by atoms with Crippen molar-refractivity contribution in [2.24, 2.45) is 5.92 Å². The van der Waals surface area contributed by atoms with Gasteiger partial charge in [0.1, 0.15) is 0 Å². The van der Waals surface area contributed by atoms with Gasteiger partial charge in [0, 0.05) is 47.9 Å². The minimum atomic E-state index is -0.0783. The molecule has 0 bridgehead atoms. The molecule has 2 aliphatic rings. The molecule has 6 rings (SSSR count). The number of ether oxygens (including phenoxy) is 1. The van der Waals surface area contributed by atoms with Gasteiger partial charge >= 0.3 is 0 Å². The molecule has 1 aliphatic heterocycles. The third-order valence-electron chi connectivity index (χ3n) is 6.43. The summed E-state index contributed by atoms with van der Waals surface area (Å²) in [6.07, 6.45) is 5.42. The second-order valence-electron chi connectivity index (χ2n) is 8.92. The first-order valence-corrected chi connectivity index (χ1v) is 12.4. The Morgan fingerprint density at radius 2 is 1.82 bits per heavy atom. The number of anilines is 1. The maximum absolute atomic E-state index is 13.1. The number of nitrogens with one attached hydrogen (secondary N) is 2. The predicted octanol–water partition coefficient (Wildman–Crippen LogP) is 4.77. The molecule has 0 spiro atoms. The van der Waals surface area contributed by atoms with Crippen LogP contribution < -0.4 is 10.6 Å². The van der Waals surface area contributed by atoms with Gasteiger partial charge in [-0.25, -0.2) is 4.98 Å². The molecule has 2 N–H and O–H groups in total. The van der Waals surface area contributed by atoms with Crippen molar-refractivity contribution in [1.82, 2.24) is 15.3 Å². The van der Waals surface area contributed by atoms with E-state index in [1.165, 1.54) is 11.3 Å². The second kappa shape index (κ2) is 8.77. The van der Waals surface area contributed by atoms with E-state index in [2.05, 4.69) is 26.7 Å². The van der Waals surface area contributed by atoms with E-state index >= 15 is 0 Å². The molecule has 172 valence electrons. The summed E-state index contributed by atoms with van der Waals surface area (Å²) in [5.41, 5.74) is 4.18.